The summed E-state index contributed by atoms with van der Waals surface area (Å²) >= 11 is 0. The maximum Gasteiger partial charge on any atom is 0.234 e. The molecule has 0 rings (SSSR count). The highest BCUT2D eigenvalue weighted by Crippen LogP contribution is 1.28. The van der Waals surface area contributed by atoms with Crippen LogP contribution < -0.4 is 0 Å². The van der Waals surface area contributed by atoms with Gasteiger partial charge in [0, 0.05) is 7.05 Å². The Morgan fingerprint density at radius 2 is 2.25 bits per heavy atom. The van der Waals surface area contributed by atoms with Gasteiger partial charge >= 0.3 is 0 Å². The van der Waals surface area contributed by atoms with Crippen LogP contribution in [0, 0.1) is 0 Å². The maximum atomic E-state index is 8.88. The van der Waals surface area contributed by atoms with E-state index < -0.39 is 0 Å². The molecular formula is C2H3NO. The van der Waals surface area contributed by atoms with Gasteiger partial charge in [0.25, 0.3) is 0 Å². The van der Waals surface area contributed by atoms with Crippen LogP contribution in [0.4, 0.5) is 0 Å². The van der Waals surface area contributed by atoms with Crippen LogP contribution in [0.1, 0.15) is 0 Å². The van der Waals surface area contributed by atoms with Gasteiger partial charge in [-0.1, -0.05) is 0 Å². The smallest absolute Gasteiger partial charge is 0.211 e. The highest BCUT2D eigenvalue weighted by atomic mass is 16.1. The van der Waals surface area contributed by atoms with Crippen LogP contribution in [0.25, 0.3) is 0 Å². The van der Waals surface area contributed by atoms with Crippen molar-refractivity contribution in [2.75, 3.05) is 7.05 Å². The van der Waals surface area contributed by atoms with E-state index in [0.29, 0.717) is 0 Å². The SMILES string of the molecule is CN=[11C]=O. The van der Waals surface area contributed by atoms with Gasteiger partial charge in [-0.05, 0) is 0 Å². The summed E-state index contributed by atoms with van der Waals surface area (Å²) in [5, 5.41) is 0. The molecule has 0 fully saturated rings. The standard InChI is InChI=1S/C2H3NO/c1-3-2-4/h1H3/i2-1. The fourth-order valence-electron chi connectivity index (χ4n) is 0. The lowest BCUT2D eigenvalue weighted by Crippen LogP contribution is -1.38. The van der Waals surface area contributed by atoms with Crippen LogP contribution in [0.3, 0.4) is 0 Å². The lowest BCUT2D eigenvalue weighted by Gasteiger charge is -1.36. The molecule has 0 aromatic carbocycles. The second-order valence-electron chi connectivity index (χ2n) is 0.315. The Labute approximate surface area is 24.2 Å². The Hall–Kier alpha value is -0.620. The Morgan fingerprint density at radius 3 is 2.25 bits per heavy atom. The molecule has 2 nitrogen and oxygen atoms in total. The zero-order chi connectivity index (χ0) is 3.41. The van der Waals surface area contributed by atoms with E-state index in [2.05, 4.69) is 4.99 Å². The highest BCUT2D eigenvalue weighted by Gasteiger charge is 1.29. The molecule has 0 aliphatic heterocycles. The monoisotopic (exact) mass is 56.0 g/mol. The third-order valence-electron chi connectivity index (χ3n) is 0.0913. The molecule has 2 heteroatoms. The Bertz CT molecular complexity index is 44.0. The van der Waals surface area contributed by atoms with E-state index in [4.69, 9.17) is 4.79 Å². The highest BCUT2D eigenvalue weighted by molar-refractivity contribution is 5.32. The summed E-state index contributed by atoms with van der Waals surface area (Å²) in [7, 11) is 1.38. The van der Waals surface area contributed by atoms with Crippen molar-refractivity contribution in [1.82, 2.24) is 0 Å². The van der Waals surface area contributed by atoms with Gasteiger partial charge in [-0.25, -0.2) is 9.79 Å². The van der Waals surface area contributed by atoms with E-state index >= 15 is 0 Å². The number of hydrogen-bond donors (Lipinski definition) is 0. The summed E-state index contributed by atoms with van der Waals surface area (Å²) < 4.78 is 0. The third kappa shape index (κ3) is 1.38. The first-order valence-electron chi connectivity index (χ1n) is 0.875. The van der Waals surface area contributed by atoms with Crippen molar-refractivity contribution < 1.29 is 4.79 Å². The summed E-state index contributed by atoms with van der Waals surface area (Å²) in [6, 6.07) is 0. The van der Waals surface area contributed by atoms with Crippen LogP contribution in [-0.2, 0) is 4.79 Å². The second-order valence-corrected chi connectivity index (χ2v) is 0.315. The topological polar surface area (TPSA) is 29.4 Å². The molecule has 0 radical (unpaired) electrons. The van der Waals surface area contributed by atoms with Crippen molar-refractivity contribution in [3.05, 3.63) is 0 Å². The summed E-state index contributed by atoms with van der Waals surface area (Å²) in [5.74, 6) is 0. The third-order valence-corrected chi connectivity index (χ3v) is 0.0913. The van der Waals surface area contributed by atoms with Gasteiger partial charge in [0.15, 0.2) is 0 Å². The number of rotatable bonds is 0. The molecule has 0 N–H and O–H groups in total. The lowest BCUT2D eigenvalue weighted by molar-refractivity contribution is 0.564. The molecule has 0 heterocycles. The fraction of sp³-hybridized carbons (Fsp3) is 0.500. The van der Waals surface area contributed by atoms with Crippen LogP contribution in [0.2, 0.25) is 0 Å². The van der Waals surface area contributed by atoms with Crippen LogP contribution in [0.5, 0.6) is 0 Å². The predicted molar refractivity (Wildman–Crippen MR) is 14.0 cm³/mol. The van der Waals surface area contributed by atoms with E-state index in [1.54, 1.807) is 0 Å². The zero-order valence-electron chi connectivity index (χ0n) is 2.36. The minimum absolute atomic E-state index is 1.31. The fourth-order valence-corrected chi connectivity index (χ4v) is 0. The summed E-state index contributed by atoms with van der Waals surface area (Å²) in [4.78, 5) is 11.8. The van der Waals surface area contributed by atoms with Gasteiger partial charge in [-0.2, -0.15) is 0 Å². The van der Waals surface area contributed by atoms with Crippen LogP contribution in [0.15, 0.2) is 4.99 Å². The van der Waals surface area contributed by atoms with Crippen molar-refractivity contribution in [1.29, 1.82) is 0 Å². The molecule has 0 saturated carbocycles. The molecule has 0 aromatic heterocycles. The lowest BCUT2D eigenvalue weighted by atomic mass is 10.7. The molecule has 0 bridgehead atoms. The number of isocyanates is 1. The van der Waals surface area contributed by atoms with E-state index in [1.165, 1.54) is 13.1 Å². The van der Waals surface area contributed by atoms with Crippen molar-refractivity contribution in [3.63, 3.8) is 0 Å². The molecule has 0 amide bonds. The Balaban J connectivity index is 3.11. The molecule has 4 heavy (non-hydrogen) atoms. The van der Waals surface area contributed by atoms with E-state index in [-0.39, 0.29) is 0 Å². The van der Waals surface area contributed by atoms with Crippen LogP contribution >= 0.6 is 0 Å². The Morgan fingerprint density at radius 1 is 2.00 bits per heavy atom. The summed E-state index contributed by atoms with van der Waals surface area (Å²) in [5.41, 5.74) is 0. The molecule has 0 saturated heterocycles. The predicted octanol–water partition coefficient (Wildman–Crippen LogP) is -0.0480. The largest absolute Gasteiger partial charge is 0.234 e. The quantitative estimate of drug-likeness (QED) is 0.282. The molecule has 0 aliphatic rings. The van der Waals surface area contributed by atoms with Crippen LogP contribution in [-0.4, -0.2) is 13.1 Å². The average Bonchev–Trinajstić information content (AvgIpc) is 1.37. The number of aliphatic imine (C=N–C) groups is 1. The number of carbonyl (C=O) groups excluding carboxylic acids is 1. The Kier molecular flexibility index (Phi) is 2.01. The van der Waals surface area contributed by atoms with Gasteiger partial charge in [0.05, 0.1) is 0 Å². The van der Waals surface area contributed by atoms with Gasteiger partial charge < -0.3 is 0 Å². The van der Waals surface area contributed by atoms with Gasteiger partial charge in [0.1, 0.15) is 0 Å². The van der Waals surface area contributed by atoms with E-state index in [1.807, 2.05) is 0 Å². The molecule has 0 atom stereocenters. The molecule has 0 unspecified atom stereocenters. The average molecular weight is 56.1 g/mol. The molecule has 0 spiro atoms. The van der Waals surface area contributed by atoms with Gasteiger partial charge in [-0.3, -0.25) is 0 Å². The molecule has 0 aliphatic carbocycles. The normalized spacial score (nSPS) is 4.25. The number of hydrogen-bond acceptors (Lipinski definition) is 2. The van der Waals surface area contributed by atoms with Crippen molar-refractivity contribution in [2.24, 2.45) is 4.99 Å². The van der Waals surface area contributed by atoms with Gasteiger partial charge in [-0.15, -0.1) is 0 Å². The van der Waals surface area contributed by atoms with Crippen molar-refractivity contribution >= 4 is 6.08 Å². The first-order valence-corrected chi connectivity index (χ1v) is 0.875. The van der Waals surface area contributed by atoms with E-state index in [9.17, 15) is 0 Å². The van der Waals surface area contributed by atoms with E-state index in [0.717, 1.165) is 0 Å². The first kappa shape index (κ1) is 3.38. The molecule has 22 valence electrons. The van der Waals surface area contributed by atoms with Crippen molar-refractivity contribution in [2.45, 2.75) is 0 Å². The first-order chi connectivity index (χ1) is 1.91. The molecule has 0 aromatic rings. The minimum atomic E-state index is 1.31. The zero-order valence-corrected chi connectivity index (χ0v) is 2.36. The summed E-state index contributed by atoms with van der Waals surface area (Å²) in [6.07, 6.45) is 1.31. The van der Waals surface area contributed by atoms with Gasteiger partial charge in [0.2, 0.25) is 6.08 Å². The van der Waals surface area contributed by atoms with Crippen molar-refractivity contribution in [3.8, 4) is 0 Å². The maximum absolute atomic E-state index is 8.88. The number of nitrogens with zero attached hydrogens (tertiary/aromatic N) is 1. The second kappa shape index (κ2) is 2.38. The summed E-state index contributed by atoms with van der Waals surface area (Å²) in [6.45, 7) is 0. The minimum Gasteiger partial charge on any atom is -0.211 e. The molecular weight excluding hydrogens is 53.0 g/mol.